The van der Waals surface area contributed by atoms with Crippen LogP contribution >= 0.6 is 0 Å². The van der Waals surface area contributed by atoms with Crippen molar-refractivity contribution < 1.29 is 4.39 Å². The summed E-state index contributed by atoms with van der Waals surface area (Å²) in [6.45, 7) is 4.25. The van der Waals surface area contributed by atoms with Gasteiger partial charge in [0.25, 0.3) is 0 Å². The lowest BCUT2D eigenvalue weighted by Gasteiger charge is -2.09. The Bertz CT molecular complexity index is 885. The van der Waals surface area contributed by atoms with E-state index in [4.69, 9.17) is 0 Å². The highest BCUT2D eigenvalue weighted by Crippen LogP contribution is 2.24. The summed E-state index contributed by atoms with van der Waals surface area (Å²) in [7, 11) is 0. The average Bonchev–Trinajstić information content (AvgIpc) is 2.54. The second-order valence-electron chi connectivity index (χ2n) is 6.21. The van der Waals surface area contributed by atoms with Crippen LogP contribution in [0.1, 0.15) is 26.0 Å². The molecule has 0 unspecified atom stereocenters. The first-order valence-electron chi connectivity index (χ1n) is 7.80. The van der Waals surface area contributed by atoms with Crippen LogP contribution in [0.4, 0.5) is 4.39 Å². The maximum Gasteiger partial charge on any atom is 0.189 e. The molecular weight excluding hydrogens is 291 g/mol. The van der Waals surface area contributed by atoms with E-state index in [1.807, 2.05) is 0 Å². The van der Waals surface area contributed by atoms with Crippen LogP contribution < -0.4 is 5.43 Å². The van der Waals surface area contributed by atoms with Gasteiger partial charge in [0.2, 0.25) is 0 Å². The maximum atomic E-state index is 14.5. The number of nitrogens with zero attached hydrogens (tertiary/aromatic N) is 1. The normalized spacial score (nSPS) is 11.3. The molecule has 0 aliphatic rings. The summed E-state index contributed by atoms with van der Waals surface area (Å²) in [5.74, 6) is 0.130. The van der Waals surface area contributed by atoms with Crippen molar-refractivity contribution in [3.63, 3.8) is 0 Å². The van der Waals surface area contributed by atoms with Crippen LogP contribution in [-0.4, -0.2) is 9.97 Å². The van der Waals surface area contributed by atoms with E-state index in [1.54, 1.807) is 36.7 Å². The highest BCUT2D eigenvalue weighted by Gasteiger charge is 2.10. The minimum atomic E-state index is -0.405. The van der Waals surface area contributed by atoms with Gasteiger partial charge in [-0.15, -0.1) is 0 Å². The predicted octanol–water partition coefficient (Wildman–Crippen LogP) is 4.32. The molecule has 0 atom stereocenters. The smallest absolute Gasteiger partial charge is 0.189 e. The quantitative estimate of drug-likeness (QED) is 0.780. The Morgan fingerprint density at radius 2 is 1.87 bits per heavy atom. The van der Waals surface area contributed by atoms with Crippen molar-refractivity contribution in [1.29, 1.82) is 0 Å². The monoisotopic (exact) mass is 310 g/mol. The molecule has 2 heterocycles. The predicted molar refractivity (Wildman–Crippen MR) is 90.9 cm³/mol. The van der Waals surface area contributed by atoms with Gasteiger partial charge in [-0.25, -0.2) is 4.39 Å². The SMILES string of the molecule is CC(C)CCc1cc(=O)c2cc(-c3ccncc3)cc(F)c2[nH]1. The molecule has 23 heavy (non-hydrogen) atoms. The van der Waals surface area contributed by atoms with Gasteiger partial charge in [-0.1, -0.05) is 13.8 Å². The van der Waals surface area contributed by atoms with Gasteiger partial charge < -0.3 is 4.98 Å². The number of aryl methyl sites for hydroxylation is 1. The second kappa shape index (κ2) is 6.32. The Labute approximate surface area is 134 Å². The summed E-state index contributed by atoms with van der Waals surface area (Å²) in [4.78, 5) is 19.4. The minimum Gasteiger partial charge on any atom is -0.356 e. The first kappa shape index (κ1) is 15.4. The zero-order valence-electron chi connectivity index (χ0n) is 13.3. The van der Waals surface area contributed by atoms with Gasteiger partial charge in [0.1, 0.15) is 5.82 Å². The van der Waals surface area contributed by atoms with Crippen molar-refractivity contribution >= 4 is 10.9 Å². The molecule has 3 aromatic rings. The van der Waals surface area contributed by atoms with E-state index in [1.165, 1.54) is 6.07 Å². The Balaban J connectivity index is 2.10. The van der Waals surface area contributed by atoms with Gasteiger partial charge in [0.15, 0.2) is 5.43 Å². The standard InChI is InChI=1S/C19H19FN2O/c1-12(2)3-4-15-11-18(23)16-9-14(10-17(20)19(16)22-15)13-5-7-21-8-6-13/h5-12H,3-4H2,1-2H3,(H,22,23). The van der Waals surface area contributed by atoms with Crippen molar-refractivity contribution in [2.75, 3.05) is 0 Å². The second-order valence-corrected chi connectivity index (χ2v) is 6.21. The van der Waals surface area contributed by atoms with Gasteiger partial charge in [0, 0.05) is 29.5 Å². The zero-order valence-corrected chi connectivity index (χ0v) is 13.3. The van der Waals surface area contributed by atoms with Crippen LogP contribution in [0.3, 0.4) is 0 Å². The number of aromatic nitrogens is 2. The minimum absolute atomic E-state index is 0.146. The van der Waals surface area contributed by atoms with Crippen molar-refractivity contribution in [2.45, 2.75) is 26.7 Å². The molecule has 0 aliphatic heterocycles. The summed E-state index contributed by atoms with van der Waals surface area (Å²) in [5.41, 5.74) is 2.44. The Morgan fingerprint density at radius 1 is 1.13 bits per heavy atom. The van der Waals surface area contributed by atoms with Gasteiger partial charge in [-0.3, -0.25) is 9.78 Å². The molecule has 0 saturated heterocycles. The Hall–Kier alpha value is -2.49. The number of benzene rings is 1. The molecule has 0 spiro atoms. The number of H-pyrrole nitrogens is 1. The van der Waals surface area contributed by atoms with Crippen LogP contribution in [0.25, 0.3) is 22.0 Å². The number of hydrogen-bond donors (Lipinski definition) is 1. The number of aromatic amines is 1. The maximum absolute atomic E-state index is 14.5. The summed E-state index contributed by atoms with van der Waals surface area (Å²) >= 11 is 0. The molecule has 0 amide bonds. The molecule has 1 aromatic carbocycles. The number of nitrogens with one attached hydrogen (secondary N) is 1. The molecule has 4 heteroatoms. The van der Waals surface area contributed by atoms with E-state index < -0.39 is 5.82 Å². The topological polar surface area (TPSA) is 45.8 Å². The molecule has 0 aliphatic carbocycles. The molecule has 1 N–H and O–H groups in total. The van der Waals surface area contributed by atoms with Crippen molar-refractivity contribution in [1.82, 2.24) is 9.97 Å². The summed E-state index contributed by atoms with van der Waals surface area (Å²) < 4.78 is 14.5. The van der Waals surface area contributed by atoms with Crippen LogP contribution in [0.2, 0.25) is 0 Å². The van der Waals surface area contributed by atoms with Crippen LogP contribution in [0, 0.1) is 11.7 Å². The lowest BCUT2D eigenvalue weighted by Crippen LogP contribution is -2.07. The third kappa shape index (κ3) is 3.31. The summed E-state index contributed by atoms with van der Waals surface area (Å²) in [5, 5.41) is 0.380. The largest absolute Gasteiger partial charge is 0.356 e. The van der Waals surface area contributed by atoms with Gasteiger partial charge >= 0.3 is 0 Å². The van der Waals surface area contributed by atoms with Gasteiger partial charge in [-0.05, 0) is 54.2 Å². The Morgan fingerprint density at radius 3 is 2.57 bits per heavy atom. The summed E-state index contributed by atoms with van der Waals surface area (Å²) in [6.07, 6.45) is 5.00. The lowest BCUT2D eigenvalue weighted by atomic mass is 10.0. The molecule has 0 fully saturated rings. The third-order valence-corrected chi connectivity index (χ3v) is 3.95. The van der Waals surface area contributed by atoms with E-state index in [0.717, 1.165) is 24.1 Å². The van der Waals surface area contributed by atoms with Crippen LogP contribution in [0.15, 0.2) is 47.5 Å². The van der Waals surface area contributed by atoms with Crippen molar-refractivity contribution in [2.24, 2.45) is 5.92 Å². The third-order valence-electron chi connectivity index (χ3n) is 3.95. The van der Waals surface area contributed by atoms with E-state index in [0.29, 0.717) is 16.9 Å². The Kier molecular flexibility index (Phi) is 4.24. The van der Waals surface area contributed by atoms with E-state index >= 15 is 0 Å². The molecule has 3 nitrogen and oxygen atoms in total. The zero-order chi connectivity index (χ0) is 16.4. The number of hydrogen-bond acceptors (Lipinski definition) is 2. The average molecular weight is 310 g/mol. The highest BCUT2D eigenvalue weighted by molar-refractivity contribution is 5.85. The van der Waals surface area contributed by atoms with Crippen molar-refractivity contribution in [3.05, 3.63) is 64.5 Å². The number of fused-ring (bicyclic) bond motifs is 1. The number of pyridine rings is 2. The molecule has 3 rings (SSSR count). The van der Waals surface area contributed by atoms with Crippen LogP contribution in [-0.2, 0) is 6.42 Å². The van der Waals surface area contributed by atoms with Gasteiger partial charge in [0.05, 0.1) is 5.52 Å². The van der Waals surface area contributed by atoms with E-state index in [9.17, 15) is 9.18 Å². The highest BCUT2D eigenvalue weighted by atomic mass is 19.1. The molecular formula is C19H19FN2O. The molecule has 0 bridgehead atoms. The fourth-order valence-corrected chi connectivity index (χ4v) is 2.65. The van der Waals surface area contributed by atoms with Gasteiger partial charge in [-0.2, -0.15) is 0 Å². The first-order valence-corrected chi connectivity index (χ1v) is 7.80. The first-order chi connectivity index (χ1) is 11.0. The molecule has 0 saturated carbocycles. The molecule has 118 valence electrons. The molecule has 2 aromatic heterocycles. The van der Waals surface area contributed by atoms with E-state index in [-0.39, 0.29) is 10.9 Å². The molecule has 0 radical (unpaired) electrons. The summed E-state index contributed by atoms with van der Waals surface area (Å²) in [6, 6.07) is 8.37. The van der Waals surface area contributed by atoms with Crippen LogP contribution in [0.5, 0.6) is 0 Å². The van der Waals surface area contributed by atoms with E-state index in [2.05, 4.69) is 23.8 Å². The lowest BCUT2D eigenvalue weighted by molar-refractivity contribution is 0.581. The fraction of sp³-hybridized carbons (Fsp3) is 0.263. The fourth-order valence-electron chi connectivity index (χ4n) is 2.65. The van der Waals surface area contributed by atoms with Crippen molar-refractivity contribution in [3.8, 4) is 11.1 Å². The number of rotatable bonds is 4. The number of halogens is 1.